The molecular weight excluding hydrogens is 388 g/mol. The number of rotatable bonds is 8. The van der Waals surface area contributed by atoms with Crippen molar-refractivity contribution in [1.29, 1.82) is 0 Å². The van der Waals surface area contributed by atoms with E-state index in [-0.39, 0.29) is 24.0 Å². The van der Waals surface area contributed by atoms with E-state index in [1.54, 1.807) is 48.5 Å². The maximum Gasteiger partial charge on any atom is 0.255 e. The fourth-order valence-electron chi connectivity index (χ4n) is 3.01. The molecule has 0 heterocycles. The summed E-state index contributed by atoms with van der Waals surface area (Å²) in [4.78, 5) is 25.0. The first-order valence-electron chi connectivity index (χ1n) is 10.5. The van der Waals surface area contributed by atoms with Crippen molar-refractivity contribution in [2.75, 3.05) is 5.32 Å². The molecule has 2 unspecified atom stereocenters. The summed E-state index contributed by atoms with van der Waals surface area (Å²) in [5.74, 6) is 0.363. The normalized spacial score (nSPS) is 12.5. The highest BCUT2D eigenvalue weighted by molar-refractivity contribution is 6.04. The first-order valence-corrected chi connectivity index (χ1v) is 10.5. The number of ether oxygens (including phenoxy) is 1. The molecule has 2 N–H and O–H groups in total. The average Bonchev–Trinajstić information content (AvgIpc) is 2.80. The lowest BCUT2D eigenvalue weighted by atomic mass is 10.1. The van der Waals surface area contributed by atoms with E-state index in [0.29, 0.717) is 16.8 Å². The molecule has 5 heteroatoms. The maximum absolute atomic E-state index is 12.5. The fourth-order valence-corrected chi connectivity index (χ4v) is 3.01. The molecule has 5 nitrogen and oxygen atoms in total. The van der Waals surface area contributed by atoms with Gasteiger partial charge in [-0.3, -0.25) is 9.59 Å². The number of carbonyl (C=O) groups excluding carboxylic acids is 2. The largest absolute Gasteiger partial charge is 0.491 e. The van der Waals surface area contributed by atoms with Crippen LogP contribution in [0.4, 0.5) is 5.69 Å². The highest BCUT2D eigenvalue weighted by Crippen LogP contribution is 2.17. The molecule has 0 aliphatic heterocycles. The molecule has 0 aromatic heterocycles. The minimum absolute atomic E-state index is 0.0969. The number of benzene rings is 3. The second-order valence-corrected chi connectivity index (χ2v) is 7.50. The number of carbonyl (C=O) groups is 2. The Morgan fingerprint density at radius 1 is 0.806 bits per heavy atom. The molecule has 3 aromatic carbocycles. The van der Waals surface area contributed by atoms with Gasteiger partial charge < -0.3 is 15.4 Å². The van der Waals surface area contributed by atoms with Crippen LogP contribution in [-0.4, -0.2) is 17.9 Å². The van der Waals surface area contributed by atoms with Crippen molar-refractivity contribution in [1.82, 2.24) is 5.32 Å². The summed E-state index contributed by atoms with van der Waals surface area (Å²) in [6.45, 7) is 6.01. The van der Waals surface area contributed by atoms with Gasteiger partial charge in [0.15, 0.2) is 0 Å². The highest BCUT2D eigenvalue weighted by Gasteiger charge is 2.12. The number of anilines is 1. The molecular formula is C26H28N2O3. The summed E-state index contributed by atoms with van der Waals surface area (Å²) >= 11 is 0. The third-order valence-corrected chi connectivity index (χ3v) is 5.08. The van der Waals surface area contributed by atoms with Gasteiger partial charge in [-0.25, -0.2) is 0 Å². The first kappa shape index (κ1) is 22.1. The van der Waals surface area contributed by atoms with Gasteiger partial charge in [-0.2, -0.15) is 0 Å². The van der Waals surface area contributed by atoms with Crippen LogP contribution in [0.5, 0.6) is 5.75 Å². The molecule has 0 saturated carbocycles. The molecule has 0 radical (unpaired) electrons. The molecule has 2 amide bonds. The molecule has 0 saturated heterocycles. The Kier molecular flexibility index (Phi) is 7.44. The van der Waals surface area contributed by atoms with Gasteiger partial charge in [-0.05, 0) is 74.4 Å². The van der Waals surface area contributed by atoms with Gasteiger partial charge in [-0.1, -0.05) is 37.3 Å². The number of amides is 2. The van der Waals surface area contributed by atoms with Gasteiger partial charge >= 0.3 is 0 Å². The lowest BCUT2D eigenvalue weighted by Gasteiger charge is -2.14. The van der Waals surface area contributed by atoms with Crippen LogP contribution in [0.25, 0.3) is 0 Å². The van der Waals surface area contributed by atoms with E-state index in [1.807, 2.05) is 44.2 Å². The minimum Gasteiger partial charge on any atom is -0.491 e. The molecule has 2 atom stereocenters. The van der Waals surface area contributed by atoms with Crippen LogP contribution in [0.3, 0.4) is 0 Å². The number of hydrogen-bond donors (Lipinski definition) is 2. The van der Waals surface area contributed by atoms with E-state index in [2.05, 4.69) is 17.6 Å². The Balaban J connectivity index is 1.57. The van der Waals surface area contributed by atoms with E-state index < -0.39 is 0 Å². The van der Waals surface area contributed by atoms with E-state index in [4.69, 9.17) is 4.74 Å². The van der Waals surface area contributed by atoms with Crippen LogP contribution < -0.4 is 15.4 Å². The van der Waals surface area contributed by atoms with Gasteiger partial charge in [0.2, 0.25) is 0 Å². The van der Waals surface area contributed by atoms with Crippen molar-refractivity contribution in [3.63, 3.8) is 0 Å². The van der Waals surface area contributed by atoms with Crippen LogP contribution >= 0.6 is 0 Å². The van der Waals surface area contributed by atoms with E-state index in [1.165, 1.54) is 0 Å². The van der Waals surface area contributed by atoms with Gasteiger partial charge in [0.1, 0.15) is 5.75 Å². The average molecular weight is 417 g/mol. The Labute approximate surface area is 183 Å². The van der Waals surface area contributed by atoms with Crippen LogP contribution in [-0.2, 0) is 0 Å². The van der Waals surface area contributed by atoms with Crippen LogP contribution in [0.2, 0.25) is 0 Å². The molecule has 0 aliphatic carbocycles. The summed E-state index contributed by atoms with van der Waals surface area (Å²) in [5.41, 5.74) is 2.74. The van der Waals surface area contributed by atoms with Crippen LogP contribution in [0.1, 0.15) is 59.5 Å². The van der Waals surface area contributed by atoms with Crippen molar-refractivity contribution >= 4 is 17.5 Å². The first-order chi connectivity index (χ1) is 15.0. The van der Waals surface area contributed by atoms with Crippen LogP contribution in [0.15, 0.2) is 78.9 Å². The second-order valence-electron chi connectivity index (χ2n) is 7.50. The van der Waals surface area contributed by atoms with E-state index in [9.17, 15) is 9.59 Å². The van der Waals surface area contributed by atoms with Crippen molar-refractivity contribution < 1.29 is 14.3 Å². The van der Waals surface area contributed by atoms with Gasteiger partial charge in [0, 0.05) is 16.8 Å². The van der Waals surface area contributed by atoms with Crippen molar-refractivity contribution in [3.8, 4) is 5.75 Å². The monoisotopic (exact) mass is 416 g/mol. The van der Waals surface area contributed by atoms with Gasteiger partial charge in [-0.15, -0.1) is 0 Å². The van der Waals surface area contributed by atoms with E-state index in [0.717, 1.165) is 17.7 Å². The van der Waals surface area contributed by atoms with Gasteiger partial charge in [0.05, 0.1) is 12.1 Å². The Hall–Kier alpha value is -3.60. The van der Waals surface area contributed by atoms with Crippen molar-refractivity contribution in [3.05, 3.63) is 95.6 Å². The molecule has 0 fully saturated rings. The zero-order valence-electron chi connectivity index (χ0n) is 18.1. The highest BCUT2D eigenvalue weighted by atomic mass is 16.5. The minimum atomic E-state index is -0.218. The van der Waals surface area contributed by atoms with Gasteiger partial charge in [0.25, 0.3) is 11.8 Å². The summed E-state index contributed by atoms with van der Waals surface area (Å²) < 4.78 is 5.74. The Morgan fingerprint density at radius 2 is 1.39 bits per heavy atom. The molecule has 3 rings (SSSR count). The Bertz CT molecular complexity index is 999. The van der Waals surface area contributed by atoms with Crippen molar-refractivity contribution in [2.45, 2.75) is 39.3 Å². The smallest absolute Gasteiger partial charge is 0.255 e. The summed E-state index contributed by atoms with van der Waals surface area (Å²) in [6, 6.07) is 23.6. The maximum atomic E-state index is 12.5. The lowest BCUT2D eigenvalue weighted by molar-refractivity contribution is 0.0939. The fraction of sp³-hybridized carbons (Fsp3) is 0.231. The standard InChI is InChI=1S/C26H28N2O3/c1-4-18(2)31-24-16-12-22(13-17-24)26(30)28-23-14-10-21(11-15-23)25(29)27-19(3)20-8-6-5-7-9-20/h5-19H,4H2,1-3H3,(H,27,29)(H,28,30). The topological polar surface area (TPSA) is 67.4 Å². The summed E-state index contributed by atoms with van der Waals surface area (Å²) in [6.07, 6.45) is 1.05. The number of nitrogens with one attached hydrogen (secondary N) is 2. The van der Waals surface area contributed by atoms with Crippen LogP contribution in [0, 0.1) is 0 Å². The molecule has 3 aromatic rings. The second kappa shape index (κ2) is 10.4. The molecule has 0 aliphatic rings. The third-order valence-electron chi connectivity index (χ3n) is 5.08. The molecule has 0 bridgehead atoms. The SMILES string of the molecule is CCC(C)Oc1ccc(C(=O)Nc2ccc(C(=O)NC(C)c3ccccc3)cc2)cc1. The lowest BCUT2D eigenvalue weighted by Crippen LogP contribution is -2.26. The number of hydrogen-bond acceptors (Lipinski definition) is 3. The molecule has 31 heavy (non-hydrogen) atoms. The quantitative estimate of drug-likeness (QED) is 0.502. The summed E-state index contributed by atoms with van der Waals surface area (Å²) in [5, 5.41) is 5.83. The summed E-state index contributed by atoms with van der Waals surface area (Å²) in [7, 11) is 0. The Morgan fingerprint density at radius 3 is 2.00 bits per heavy atom. The predicted molar refractivity (Wildman–Crippen MR) is 124 cm³/mol. The molecule has 160 valence electrons. The third kappa shape index (κ3) is 6.19. The van der Waals surface area contributed by atoms with E-state index >= 15 is 0 Å². The predicted octanol–water partition coefficient (Wildman–Crippen LogP) is 5.61. The van der Waals surface area contributed by atoms with Crippen molar-refractivity contribution in [2.24, 2.45) is 0 Å². The molecule has 0 spiro atoms. The zero-order valence-corrected chi connectivity index (χ0v) is 18.1. The zero-order chi connectivity index (χ0) is 22.2.